The minimum absolute atomic E-state index is 0.0454. The van der Waals surface area contributed by atoms with Gasteiger partial charge in [0.1, 0.15) is 17.3 Å². The molecule has 120 valence electrons. The van der Waals surface area contributed by atoms with Gasteiger partial charge < -0.3 is 5.11 Å². The van der Waals surface area contributed by atoms with Gasteiger partial charge in [0.05, 0.1) is 5.25 Å². The fourth-order valence-corrected chi connectivity index (χ4v) is 6.15. The van der Waals surface area contributed by atoms with Gasteiger partial charge in [-0.25, -0.2) is 9.97 Å². The summed E-state index contributed by atoms with van der Waals surface area (Å²) in [5, 5.41) is 11.3. The molecule has 3 unspecified atom stereocenters. The summed E-state index contributed by atoms with van der Waals surface area (Å²) in [6.45, 7) is 3.95. The van der Waals surface area contributed by atoms with Crippen LogP contribution >= 0.6 is 23.5 Å². The number of nitrogens with zero attached hydrogens (tertiary/aromatic N) is 3. The van der Waals surface area contributed by atoms with Gasteiger partial charge in [-0.05, 0) is 37.6 Å². The molecule has 2 aromatic heterocycles. The van der Waals surface area contributed by atoms with Crippen molar-refractivity contribution in [3.63, 3.8) is 0 Å². The summed E-state index contributed by atoms with van der Waals surface area (Å²) in [6, 6.07) is 5.75. The molecule has 1 amide bonds. The SMILES string of the molecule is Cc1cc(C)c2ccc(N3C(=O)C4SCCSC4C3O)nc2n1. The number of aromatic nitrogens is 2. The van der Waals surface area contributed by atoms with Gasteiger partial charge in [0.15, 0.2) is 5.65 Å². The van der Waals surface area contributed by atoms with E-state index in [4.69, 9.17) is 0 Å². The van der Waals surface area contributed by atoms with Crippen molar-refractivity contribution < 1.29 is 9.90 Å². The molecule has 4 rings (SSSR count). The second-order valence-electron chi connectivity index (χ2n) is 5.87. The molecule has 7 heteroatoms. The lowest BCUT2D eigenvalue weighted by Crippen LogP contribution is -2.36. The summed E-state index contributed by atoms with van der Waals surface area (Å²) in [7, 11) is 0. The van der Waals surface area contributed by atoms with Crippen LogP contribution in [0.3, 0.4) is 0 Å². The first kappa shape index (κ1) is 15.2. The van der Waals surface area contributed by atoms with Crippen molar-refractivity contribution in [1.29, 1.82) is 0 Å². The monoisotopic (exact) mass is 347 g/mol. The lowest BCUT2D eigenvalue weighted by Gasteiger charge is -2.24. The standard InChI is InChI=1S/C16H17N3O2S2/c1-8-7-9(2)17-14-10(8)3-4-11(18-14)19-15(20)12-13(16(19)21)23-6-5-22-12/h3-4,7,12-13,15,20H,5-6H2,1-2H3. The highest BCUT2D eigenvalue weighted by molar-refractivity contribution is 8.07. The molecule has 0 aromatic carbocycles. The Hall–Kier alpha value is -1.31. The van der Waals surface area contributed by atoms with E-state index in [0.29, 0.717) is 11.5 Å². The molecule has 2 aromatic rings. The van der Waals surface area contributed by atoms with E-state index in [1.54, 1.807) is 29.6 Å². The summed E-state index contributed by atoms with van der Waals surface area (Å²) in [4.78, 5) is 23.2. The average molecular weight is 347 g/mol. The summed E-state index contributed by atoms with van der Waals surface area (Å²) >= 11 is 3.31. The van der Waals surface area contributed by atoms with Crippen LogP contribution in [0.25, 0.3) is 11.0 Å². The van der Waals surface area contributed by atoms with E-state index < -0.39 is 6.23 Å². The molecule has 0 spiro atoms. The van der Waals surface area contributed by atoms with Gasteiger partial charge in [0.25, 0.3) is 0 Å². The van der Waals surface area contributed by atoms with Crippen LogP contribution in [0.15, 0.2) is 18.2 Å². The van der Waals surface area contributed by atoms with Crippen LogP contribution in [0.5, 0.6) is 0 Å². The van der Waals surface area contributed by atoms with Gasteiger partial charge in [0, 0.05) is 22.6 Å². The zero-order valence-electron chi connectivity index (χ0n) is 12.9. The number of aliphatic hydroxyl groups excluding tert-OH is 1. The van der Waals surface area contributed by atoms with Crippen molar-refractivity contribution in [2.45, 2.75) is 30.6 Å². The molecule has 23 heavy (non-hydrogen) atoms. The van der Waals surface area contributed by atoms with Gasteiger partial charge in [0.2, 0.25) is 5.91 Å². The summed E-state index contributed by atoms with van der Waals surface area (Å²) < 4.78 is 0. The van der Waals surface area contributed by atoms with Crippen LogP contribution in [0.4, 0.5) is 5.82 Å². The van der Waals surface area contributed by atoms with Crippen molar-refractivity contribution in [2.24, 2.45) is 0 Å². The van der Waals surface area contributed by atoms with Gasteiger partial charge in [-0.2, -0.15) is 11.8 Å². The number of hydrogen-bond donors (Lipinski definition) is 1. The van der Waals surface area contributed by atoms with Crippen LogP contribution in [0, 0.1) is 13.8 Å². The van der Waals surface area contributed by atoms with E-state index >= 15 is 0 Å². The van der Waals surface area contributed by atoms with Crippen molar-refractivity contribution in [1.82, 2.24) is 9.97 Å². The summed E-state index contributed by atoms with van der Waals surface area (Å²) in [5.41, 5.74) is 2.63. The lowest BCUT2D eigenvalue weighted by atomic mass is 10.1. The maximum absolute atomic E-state index is 12.7. The van der Waals surface area contributed by atoms with Crippen molar-refractivity contribution in [3.8, 4) is 0 Å². The molecule has 2 fully saturated rings. The van der Waals surface area contributed by atoms with E-state index in [1.165, 1.54) is 4.90 Å². The predicted octanol–water partition coefficient (Wildman–Crippen LogP) is 2.13. The Morgan fingerprint density at radius 1 is 1.22 bits per heavy atom. The third-order valence-electron chi connectivity index (χ3n) is 4.27. The molecule has 2 aliphatic heterocycles. The van der Waals surface area contributed by atoms with Gasteiger partial charge in [-0.1, -0.05) is 0 Å². The molecule has 0 aliphatic carbocycles. The van der Waals surface area contributed by atoms with Crippen LogP contribution < -0.4 is 4.90 Å². The van der Waals surface area contributed by atoms with E-state index in [1.807, 2.05) is 26.0 Å². The topological polar surface area (TPSA) is 66.3 Å². The Balaban J connectivity index is 1.78. The molecule has 2 saturated heterocycles. The molecular weight excluding hydrogens is 330 g/mol. The fraction of sp³-hybridized carbons (Fsp3) is 0.438. The van der Waals surface area contributed by atoms with Crippen molar-refractivity contribution in [3.05, 3.63) is 29.5 Å². The third-order valence-corrected chi connectivity index (χ3v) is 7.33. The smallest absolute Gasteiger partial charge is 0.244 e. The number of rotatable bonds is 1. The Morgan fingerprint density at radius 3 is 2.78 bits per heavy atom. The molecular formula is C16H17N3O2S2. The van der Waals surface area contributed by atoms with Gasteiger partial charge in [-0.15, -0.1) is 11.8 Å². The Labute approximate surface area is 142 Å². The third kappa shape index (κ3) is 2.42. The number of carbonyl (C=O) groups is 1. The van der Waals surface area contributed by atoms with Crippen LogP contribution in [0.1, 0.15) is 11.3 Å². The van der Waals surface area contributed by atoms with Crippen LogP contribution in [0.2, 0.25) is 0 Å². The van der Waals surface area contributed by atoms with E-state index in [9.17, 15) is 9.90 Å². The molecule has 0 saturated carbocycles. The molecule has 5 nitrogen and oxygen atoms in total. The average Bonchev–Trinajstić information content (AvgIpc) is 2.78. The number of thioether (sulfide) groups is 2. The number of anilines is 1. The maximum Gasteiger partial charge on any atom is 0.244 e. The highest BCUT2D eigenvalue weighted by Gasteiger charge is 2.50. The largest absolute Gasteiger partial charge is 0.372 e. The molecule has 0 bridgehead atoms. The zero-order chi connectivity index (χ0) is 16.1. The number of pyridine rings is 2. The molecule has 1 N–H and O–H groups in total. The summed E-state index contributed by atoms with van der Waals surface area (Å²) in [5.74, 6) is 2.36. The number of fused-ring (bicyclic) bond motifs is 2. The molecule has 3 atom stereocenters. The quantitative estimate of drug-likeness (QED) is 0.852. The zero-order valence-corrected chi connectivity index (χ0v) is 14.5. The first-order valence-corrected chi connectivity index (χ1v) is 9.65. The van der Waals surface area contributed by atoms with Crippen LogP contribution in [-0.4, -0.2) is 49.2 Å². The Bertz CT molecular complexity index is 798. The predicted molar refractivity (Wildman–Crippen MR) is 95.0 cm³/mol. The number of aliphatic hydroxyl groups is 1. The number of aryl methyl sites for hydroxylation is 2. The van der Waals surface area contributed by atoms with Crippen LogP contribution in [-0.2, 0) is 4.79 Å². The second kappa shape index (κ2) is 5.65. The summed E-state index contributed by atoms with van der Waals surface area (Å²) in [6.07, 6.45) is -0.818. The number of amides is 1. The highest BCUT2D eigenvalue weighted by atomic mass is 32.2. The minimum atomic E-state index is -0.818. The van der Waals surface area contributed by atoms with Crippen molar-refractivity contribution in [2.75, 3.05) is 16.4 Å². The highest BCUT2D eigenvalue weighted by Crippen LogP contribution is 2.41. The second-order valence-corrected chi connectivity index (χ2v) is 8.41. The van der Waals surface area contributed by atoms with Crippen molar-refractivity contribution >= 4 is 46.3 Å². The maximum atomic E-state index is 12.7. The first-order valence-electron chi connectivity index (χ1n) is 7.55. The van der Waals surface area contributed by atoms with Gasteiger partial charge >= 0.3 is 0 Å². The number of carbonyl (C=O) groups excluding carboxylic acids is 1. The number of hydrogen-bond acceptors (Lipinski definition) is 6. The molecule has 4 heterocycles. The molecule has 2 aliphatic rings. The van der Waals surface area contributed by atoms with Gasteiger partial charge in [-0.3, -0.25) is 9.69 Å². The fourth-order valence-electron chi connectivity index (χ4n) is 3.21. The Morgan fingerprint density at radius 2 is 2.00 bits per heavy atom. The van der Waals surface area contributed by atoms with E-state index in [-0.39, 0.29) is 16.4 Å². The first-order chi connectivity index (χ1) is 11.1. The Kier molecular flexibility index (Phi) is 3.74. The minimum Gasteiger partial charge on any atom is -0.372 e. The van der Waals surface area contributed by atoms with E-state index in [2.05, 4.69) is 9.97 Å². The lowest BCUT2D eigenvalue weighted by molar-refractivity contribution is -0.117. The normalized spacial score (nSPS) is 27.5. The van der Waals surface area contributed by atoms with E-state index in [0.717, 1.165) is 28.1 Å². The molecule has 0 radical (unpaired) electrons.